The van der Waals surface area contributed by atoms with Gasteiger partial charge in [-0.25, -0.2) is 13.8 Å². The molecule has 0 aromatic carbocycles. The number of rotatable bonds is 12. The molecule has 152 valence electrons. The fourth-order valence-corrected chi connectivity index (χ4v) is 2.21. The lowest BCUT2D eigenvalue weighted by atomic mass is 10.0. The third kappa shape index (κ3) is 6.99. The van der Waals surface area contributed by atoms with Crippen LogP contribution in [0.1, 0.15) is 29.6 Å². The number of halogens is 3. The Labute approximate surface area is 161 Å². The van der Waals surface area contributed by atoms with Crippen LogP contribution < -0.4 is 11.1 Å². The SMILES string of the molecule is C=C/C(F)=C(/OCC(=O)C(CCCCN)NC(=O)c1cccnc1F)C(=C)F. The molecule has 1 atom stereocenters. The summed E-state index contributed by atoms with van der Waals surface area (Å²) in [5, 5.41) is 2.39. The maximum atomic E-state index is 13.7. The molecular formula is C19H22F3N3O3. The van der Waals surface area contributed by atoms with Gasteiger partial charge in [0.25, 0.3) is 5.91 Å². The Kier molecular flexibility index (Phi) is 9.66. The number of hydrogen-bond donors (Lipinski definition) is 2. The third-order valence-corrected chi connectivity index (χ3v) is 3.65. The highest BCUT2D eigenvalue weighted by atomic mass is 19.1. The van der Waals surface area contributed by atoms with Crippen LogP contribution >= 0.6 is 0 Å². The van der Waals surface area contributed by atoms with Crippen molar-refractivity contribution in [1.29, 1.82) is 0 Å². The molecular weight excluding hydrogens is 375 g/mol. The molecule has 1 aromatic heterocycles. The lowest BCUT2D eigenvalue weighted by Crippen LogP contribution is -2.43. The third-order valence-electron chi connectivity index (χ3n) is 3.65. The van der Waals surface area contributed by atoms with E-state index in [2.05, 4.69) is 23.5 Å². The van der Waals surface area contributed by atoms with E-state index >= 15 is 0 Å². The number of amides is 1. The van der Waals surface area contributed by atoms with E-state index in [1.807, 2.05) is 0 Å². The summed E-state index contributed by atoms with van der Waals surface area (Å²) >= 11 is 0. The topological polar surface area (TPSA) is 94.3 Å². The zero-order valence-corrected chi connectivity index (χ0v) is 15.2. The number of nitrogens with one attached hydrogen (secondary N) is 1. The quantitative estimate of drug-likeness (QED) is 0.245. The van der Waals surface area contributed by atoms with Crippen molar-refractivity contribution in [3.8, 4) is 0 Å². The van der Waals surface area contributed by atoms with Crippen LogP contribution in [0.25, 0.3) is 0 Å². The predicted molar refractivity (Wildman–Crippen MR) is 97.9 cm³/mol. The first kappa shape index (κ1) is 23.1. The molecule has 6 nitrogen and oxygen atoms in total. The minimum atomic E-state index is -1.22. The average Bonchev–Trinajstić information content (AvgIpc) is 2.66. The summed E-state index contributed by atoms with van der Waals surface area (Å²) in [6.45, 7) is 5.71. The second kappa shape index (κ2) is 11.7. The molecule has 0 saturated carbocycles. The van der Waals surface area contributed by atoms with Crippen molar-refractivity contribution in [2.45, 2.75) is 25.3 Å². The smallest absolute Gasteiger partial charge is 0.256 e. The number of ketones is 1. The maximum absolute atomic E-state index is 13.7. The van der Waals surface area contributed by atoms with Crippen LogP contribution in [0.5, 0.6) is 0 Å². The van der Waals surface area contributed by atoms with Gasteiger partial charge in [-0.2, -0.15) is 4.39 Å². The molecule has 0 aliphatic carbocycles. The van der Waals surface area contributed by atoms with E-state index in [0.717, 1.165) is 0 Å². The number of carbonyl (C=O) groups excluding carboxylic acids is 2. The average molecular weight is 397 g/mol. The number of carbonyl (C=O) groups is 2. The van der Waals surface area contributed by atoms with Gasteiger partial charge in [0.1, 0.15) is 6.61 Å². The molecule has 0 aliphatic rings. The summed E-state index contributed by atoms with van der Waals surface area (Å²) in [6.07, 6.45) is 3.14. The van der Waals surface area contributed by atoms with E-state index in [-0.39, 0.29) is 12.0 Å². The standard InChI is InChI=1S/C19H22F3N3O3/c1-3-14(21)17(12(2)20)28-11-16(26)15(8-4-5-9-23)25-19(27)13-7-6-10-24-18(13)22/h3,6-7,10,15H,1-2,4-5,8-9,11,23H2,(H,25,27)/b17-14-. The van der Waals surface area contributed by atoms with Gasteiger partial charge in [-0.1, -0.05) is 13.2 Å². The summed E-state index contributed by atoms with van der Waals surface area (Å²) in [5.41, 5.74) is 5.08. The molecule has 1 rings (SSSR count). The minimum Gasteiger partial charge on any atom is -0.480 e. The van der Waals surface area contributed by atoms with Gasteiger partial charge < -0.3 is 15.8 Å². The van der Waals surface area contributed by atoms with Gasteiger partial charge in [-0.05, 0) is 44.0 Å². The van der Waals surface area contributed by atoms with Crippen LogP contribution in [-0.4, -0.2) is 35.9 Å². The highest BCUT2D eigenvalue weighted by Crippen LogP contribution is 2.18. The Morgan fingerprint density at radius 1 is 1.36 bits per heavy atom. The Balaban J connectivity index is 2.89. The number of nitrogens with zero attached hydrogens (tertiary/aromatic N) is 1. The van der Waals surface area contributed by atoms with Crippen LogP contribution in [0, 0.1) is 5.95 Å². The number of ether oxygens (including phenoxy) is 1. The lowest BCUT2D eigenvalue weighted by molar-refractivity contribution is -0.124. The minimum absolute atomic E-state index is 0.187. The molecule has 0 spiro atoms. The second-order valence-corrected chi connectivity index (χ2v) is 5.69. The number of Topliss-reactive ketones (excluding diaryl/α,β-unsaturated/α-hetero) is 1. The van der Waals surface area contributed by atoms with E-state index < -0.39 is 47.7 Å². The van der Waals surface area contributed by atoms with Gasteiger partial charge in [0.2, 0.25) is 5.95 Å². The zero-order chi connectivity index (χ0) is 21.1. The Morgan fingerprint density at radius 3 is 2.64 bits per heavy atom. The molecule has 9 heteroatoms. The van der Waals surface area contributed by atoms with Crippen LogP contribution in [-0.2, 0) is 9.53 Å². The second-order valence-electron chi connectivity index (χ2n) is 5.69. The number of aromatic nitrogens is 1. The van der Waals surface area contributed by atoms with E-state index in [1.54, 1.807) is 0 Å². The van der Waals surface area contributed by atoms with E-state index in [9.17, 15) is 22.8 Å². The van der Waals surface area contributed by atoms with E-state index in [0.29, 0.717) is 25.5 Å². The first-order valence-corrected chi connectivity index (χ1v) is 8.45. The Hall–Kier alpha value is -2.94. The lowest BCUT2D eigenvalue weighted by Gasteiger charge is -2.18. The van der Waals surface area contributed by atoms with Gasteiger partial charge in [-0.15, -0.1) is 0 Å². The highest BCUT2D eigenvalue weighted by Gasteiger charge is 2.24. The van der Waals surface area contributed by atoms with Crippen molar-refractivity contribution < 1.29 is 27.5 Å². The number of unbranched alkanes of at least 4 members (excludes halogenated alkanes) is 1. The number of hydrogen-bond acceptors (Lipinski definition) is 5. The Morgan fingerprint density at radius 2 is 2.07 bits per heavy atom. The molecule has 0 bridgehead atoms. The molecule has 1 heterocycles. The van der Waals surface area contributed by atoms with Gasteiger partial charge in [-0.3, -0.25) is 9.59 Å². The first-order valence-electron chi connectivity index (χ1n) is 8.45. The summed E-state index contributed by atoms with van der Waals surface area (Å²) in [4.78, 5) is 28.0. The monoisotopic (exact) mass is 397 g/mol. The largest absolute Gasteiger partial charge is 0.480 e. The molecule has 28 heavy (non-hydrogen) atoms. The van der Waals surface area contributed by atoms with Gasteiger partial charge in [0, 0.05) is 6.20 Å². The van der Waals surface area contributed by atoms with Crippen molar-refractivity contribution in [3.05, 3.63) is 66.5 Å². The van der Waals surface area contributed by atoms with Gasteiger partial charge >= 0.3 is 0 Å². The van der Waals surface area contributed by atoms with Gasteiger partial charge in [0.05, 0.1) is 11.6 Å². The van der Waals surface area contributed by atoms with Crippen molar-refractivity contribution in [2.24, 2.45) is 5.73 Å². The molecule has 1 amide bonds. The summed E-state index contributed by atoms with van der Waals surface area (Å²) in [5.74, 6) is -5.69. The highest BCUT2D eigenvalue weighted by molar-refractivity contribution is 5.98. The summed E-state index contributed by atoms with van der Waals surface area (Å²) < 4.78 is 45.3. The summed E-state index contributed by atoms with van der Waals surface area (Å²) in [6, 6.07) is 1.51. The first-order chi connectivity index (χ1) is 13.3. The van der Waals surface area contributed by atoms with Crippen molar-refractivity contribution in [1.82, 2.24) is 10.3 Å². The van der Waals surface area contributed by atoms with E-state index in [4.69, 9.17) is 10.5 Å². The fourth-order valence-electron chi connectivity index (χ4n) is 2.21. The maximum Gasteiger partial charge on any atom is 0.256 e. The van der Waals surface area contributed by atoms with Gasteiger partial charge in [0.15, 0.2) is 23.2 Å². The van der Waals surface area contributed by atoms with Crippen LogP contribution in [0.3, 0.4) is 0 Å². The van der Waals surface area contributed by atoms with Crippen LogP contribution in [0.15, 0.2) is 55.0 Å². The molecule has 0 saturated heterocycles. The molecule has 0 radical (unpaired) electrons. The molecule has 3 N–H and O–H groups in total. The van der Waals surface area contributed by atoms with Crippen molar-refractivity contribution in [2.75, 3.05) is 13.2 Å². The molecule has 0 fully saturated rings. The van der Waals surface area contributed by atoms with E-state index in [1.165, 1.54) is 18.3 Å². The molecule has 1 aromatic rings. The summed E-state index contributed by atoms with van der Waals surface area (Å²) in [7, 11) is 0. The van der Waals surface area contributed by atoms with Crippen molar-refractivity contribution >= 4 is 11.7 Å². The number of nitrogens with two attached hydrogens (primary N) is 1. The Bertz CT molecular complexity index is 766. The number of allylic oxidation sites excluding steroid dienone is 3. The number of pyridine rings is 1. The van der Waals surface area contributed by atoms with Crippen molar-refractivity contribution in [3.63, 3.8) is 0 Å². The molecule has 0 aliphatic heterocycles. The predicted octanol–water partition coefficient (Wildman–Crippen LogP) is 2.88. The van der Waals surface area contributed by atoms with Crippen LogP contribution in [0.4, 0.5) is 13.2 Å². The fraction of sp³-hybridized carbons (Fsp3) is 0.316. The molecule has 1 unspecified atom stereocenters. The zero-order valence-electron chi connectivity index (χ0n) is 15.2. The van der Waals surface area contributed by atoms with Crippen LogP contribution in [0.2, 0.25) is 0 Å². The normalized spacial score (nSPS) is 12.6.